The van der Waals surface area contributed by atoms with Gasteiger partial charge < -0.3 is 9.52 Å². The topological polar surface area (TPSA) is 49.2 Å². The van der Waals surface area contributed by atoms with Crippen molar-refractivity contribution in [1.29, 1.82) is 0 Å². The summed E-state index contributed by atoms with van der Waals surface area (Å²) in [6.45, 7) is 3.39. The van der Waals surface area contributed by atoms with Crippen LogP contribution in [0.4, 0.5) is 0 Å². The molecule has 0 radical (unpaired) electrons. The highest BCUT2D eigenvalue weighted by molar-refractivity contribution is 7.71. The van der Waals surface area contributed by atoms with Gasteiger partial charge in [0.1, 0.15) is 0 Å². The van der Waals surface area contributed by atoms with Crippen LogP contribution in [0.25, 0.3) is 6.08 Å². The van der Waals surface area contributed by atoms with E-state index in [9.17, 15) is 0 Å². The van der Waals surface area contributed by atoms with E-state index in [4.69, 9.17) is 9.52 Å². The van der Waals surface area contributed by atoms with Gasteiger partial charge in [-0.3, -0.25) is 4.98 Å². The quantitative estimate of drug-likeness (QED) is 0.588. The Balaban J connectivity index is 3.31. The van der Waals surface area contributed by atoms with Crippen LogP contribution in [-0.4, -0.2) is 10.1 Å². The summed E-state index contributed by atoms with van der Waals surface area (Å²) >= 11 is 4.56. The smallest absolute Gasteiger partial charge is 0.269 e. The summed E-state index contributed by atoms with van der Waals surface area (Å²) in [5, 5.41) is 8.84. The van der Waals surface area contributed by atoms with E-state index >= 15 is 0 Å². The highest BCUT2D eigenvalue weighted by Crippen LogP contribution is 2.14. The van der Waals surface area contributed by atoms with Gasteiger partial charge in [-0.25, -0.2) is 0 Å². The number of aromatic nitrogens is 1. The minimum absolute atomic E-state index is 0.0741. The van der Waals surface area contributed by atoms with Crippen molar-refractivity contribution in [2.24, 2.45) is 0 Å². The molecule has 48 valence electrons. The first kappa shape index (κ1) is 6.10. The van der Waals surface area contributed by atoms with E-state index in [1.54, 1.807) is 0 Å². The van der Waals surface area contributed by atoms with Gasteiger partial charge in [0.05, 0.1) is 0 Å². The number of rotatable bonds is 1. The minimum atomic E-state index is -0.0741. The molecule has 0 saturated heterocycles. The summed E-state index contributed by atoms with van der Waals surface area (Å²) in [4.78, 5) is 2.55. The number of aromatic amines is 1. The maximum Gasteiger partial charge on any atom is 0.269 e. The lowest BCUT2D eigenvalue weighted by Gasteiger charge is -1.79. The monoisotopic (exact) mass is 143 g/mol. The van der Waals surface area contributed by atoms with Crippen LogP contribution in [0.1, 0.15) is 5.76 Å². The Hall–Kier alpha value is -1.03. The van der Waals surface area contributed by atoms with E-state index in [1.807, 2.05) is 0 Å². The van der Waals surface area contributed by atoms with Crippen LogP contribution >= 0.6 is 12.2 Å². The van der Waals surface area contributed by atoms with Crippen molar-refractivity contribution < 1.29 is 9.52 Å². The standard InChI is InChI=1S/C5H5NO2S/c1-2-3-4(7)6-5(9)8-3/h2,7H,1H2,(H,6,9). The van der Waals surface area contributed by atoms with Crippen molar-refractivity contribution >= 4 is 18.3 Å². The average molecular weight is 143 g/mol. The second kappa shape index (κ2) is 2.06. The van der Waals surface area contributed by atoms with E-state index < -0.39 is 0 Å². The molecule has 1 rings (SSSR count). The number of hydrogen-bond donors (Lipinski definition) is 2. The molecule has 1 heterocycles. The molecule has 0 bridgehead atoms. The molecule has 0 amide bonds. The fourth-order valence-corrected chi connectivity index (χ4v) is 0.657. The van der Waals surface area contributed by atoms with Crippen molar-refractivity contribution in [3.8, 4) is 5.88 Å². The lowest BCUT2D eigenvalue weighted by Crippen LogP contribution is -1.62. The van der Waals surface area contributed by atoms with E-state index in [2.05, 4.69) is 23.8 Å². The van der Waals surface area contributed by atoms with Gasteiger partial charge in [-0.15, -0.1) is 0 Å². The van der Waals surface area contributed by atoms with Crippen molar-refractivity contribution in [2.45, 2.75) is 0 Å². The molecule has 1 aromatic rings. The normalized spacial score (nSPS) is 9.33. The second-order valence-corrected chi connectivity index (χ2v) is 1.80. The third-order valence-corrected chi connectivity index (χ3v) is 1.03. The molecule has 0 aromatic carbocycles. The predicted octanol–water partition coefficient (Wildman–Crippen LogP) is 1.69. The Kier molecular flexibility index (Phi) is 1.40. The predicted molar refractivity (Wildman–Crippen MR) is 35.6 cm³/mol. The number of oxazole rings is 1. The zero-order chi connectivity index (χ0) is 6.85. The number of aromatic hydroxyl groups is 1. The summed E-state index contributed by atoms with van der Waals surface area (Å²) in [7, 11) is 0. The summed E-state index contributed by atoms with van der Waals surface area (Å²) in [5.74, 6) is 0.204. The fourth-order valence-electron chi connectivity index (χ4n) is 0.470. The average Bonchev–Trinajstić information content (AvgIpc) is 2.10. The number of hydrogen-bond acceptors (Lipinski definition) is 3. The summed E-state index contributed by atoms with van der Waals surface area (Å²) < 4.78 is 4.75. The fraction of sp³-hybridized carbons (Fsp3) is 0. The Bertz CT molecular complexity index is 273. The van der Waals surface area contributed by atoms with Gasteiger partial charge in [0.25, 0.3) is 4.84 Å². The third kappa shape index (κ3) is 1.02. The SMILES string of the molecule is C=Cc1oc(=S)[nH]c1O. The summed E-state index contributed by atoms with van der Waals surface area (Å²) in [6.07, 6.45) is 1.38. The third-order valence-electron chi connectivity index (χ3n) is 0.842. The molecule has 0 saturated carbocycles. The van der Waals surface area contributed by atoms with Crippen molar-refractivity contribution in [1.82, 2.24) is 4.98 Å². The molecule has 0 aliphatic rings. The maximum absolute atomic E-state index is 8.84. The lowest BCUT2D eigenvalue weighted by molar-refractivity contribution is 0.444. The molecular formula is C5H5NO2S. The molecular weight excluding hydrogens is 138 g/mol. The zero-order valence-electron chi connectivity index (χ0n) is 4.55. The van der Waals surface area contributed by atoms with Gasteiger partial charge >= 0.3 is 0 Å². The number of nitrogens with one attached hydrogen (secondary N) is 1. The van der Waals surface area contributed by atoms with E-state index in [-0.39, 0.29) is 16.5 Å². The molecule has 1 aromatic heterocycles. The molecule has 3 nitrogen and oxygen atoms in total. The van der Waals surface area contributed by atoms with Gasteiger partial charge in [0, 0.05) is 0 Å². The van der Waals surface area contributed by atoms with Gasteiger partial charge in [0.15, 0.2) is 5.76 Å². The molecule has 0 unspecified atom stereocenters. The van der Waals surface area contributed by atoms with Crippen LogP contribution in [-0.2, 0) is 0 Å². The van der Waals surface area contributed by atoms with Crippen molar-refractivity contribution in [2.75, 3.05) is 0 Å². The Morgan fingerprint density at radius 3 is 2.67 bits per heavy atom. The first-order valence-corrected chi connectivity index (χ1v) is 2.69. The largest absolute Gasteiger partial charge is 0.492 e. The van der Waals surface area contributed by atoms with Gasteiger partial charge in [0.2, 0.25) is 5.88 Å². The molecule has 2 N–H and O–H groups in total. The van der Waals surface area contributed by atoms with Crippen molar-refractivity contribution in [3.05, 3.63) is 17.2 Å². The van der Waals surface area contributed by atoms with Crippen LogP contribution in [0.3, 0.4) is 0 Å². The van der Waals surface area contributed by atoms with Gasteiger partial charge in [-0.1, -0.05) is 6.58 Å². The highest BCUT2D eigenvalue weighted by atomic mass is 32.1. The first-order valence-electron chi connectivity index (χ1n) is 2.28. The van der Waals surface area contributed by atoms with Crippen LogP contribution in [0, 0.1) is 4.84 Å². The van der Waals surface area contributed by atoms with E-state index in [1.165, 1.54) is 6.08 Å². The molecule has 9 heavy (non-hydrogen) atoms. The van der Waals surface area contributed by atoms with Crippen molar-refractivity contribution in [3.63, 3.8) is 0 Å². The first-order chi connectivity index (χ1) is 4.24. The summed E-state index contributed by atoms with van der Waals surface area (Å²) in [5.41, 5.74) is 0. The maximum atomic E-state index is 8.84. The van der Waals surface area contributed by atoms with E-state index in [0.717, 1.165) is 0 Å². The van der Waals surface area contributed by atoms with Crippen LogP contribution in [0.15, 0.2) is 11.0 Å². The Morgan fingerprint density at radius 1 is 1.78 bits per heavy atom. The molecule has 4 heteroatoms. The second-order valence-electron chi connectivity index (χ2n) is 1.43. The van der Waals surface area contributed by atoms with Crippen LogP contribution in [0.2, 0.25) is 0 Å². The molecule has 0 fully saturated rings. The summed E-state index contributed by atoms with van der Waals surface area (Å²) in [6, 6.07) is 0. The van der Waals surface area contributed by atoms with Gasteiger partial charge in [-0.2, -0.15) is 0 Å². The molecule has 0 aliphatic carbocycles. The molecule has 0 spiro atoms. The van der Waals surface area contributed by atoms with Gasteiger partial charge in [-0.05, 0) is 18.3 Å². The molecule has 0 aliphatic heterocycles. The minimum Gasteiger partial charge on any atom is -0.492 e. The van der Waals surface area contributed by atoms with Crippen LogP contribution in [0.5, 0.6) is 5.88 Å². The highest BCUT2D eigenvalue weighted by Gasteiger charge is 1.99. The lowest BCUT2D eigenvalue weighted by atomic mass is 10.5. The molecule has 0 atom stereocenters. The Morgan fingerprint density at radius 2 is 2.44 bits per heavy atom. The van der Waals surface area contributed by atoms with Crippen LogP contribution < -0.4 is 0 Å². The number of H-pyrrole nitrogens is 1. The zero-order valence-corrected chi connectivity index (χ0v) is 5.36. The Labute approximate surface area is 56.6 Å². The van der Waals surface area contributed by atoms with E-state index in [0.29, 0.717) is 0 Å².